The second-order valence-electron chi connectivity index (χ2n) is 6.11. The van der Waals surface area contributed by atoms with Gasteiger partial charge in [0.15, 0.2) is 0 Å². The monoisotopic (exact) mass is 285 g/mol. The van der Waals surface area contributed by atoms with E-state index < -0.39 is 0 Å². The van der Waals surface area contributed by atoms with Gasteiger partial charge in [0.1, 0.15) is 5.75 Å². The first-order chi connectivity index (χ1) is 10.3. The predicted molar refractivity (Wildman–Crippen MR) is 77.6 cm³/mol. The van der Waals surface area contributed by atoms with Crippen molar-refractivity contribution in [3.63, 3.8) is 0 Å². The zero-order chi connectivity index (χ0) is 14.2. The number of nitrogens with one attached hydrogen (secondary N) is 1. The Morgan fingerprint density at radius 3 is 3.00 bits per heavy atom. The van der Waals surface area contributed by atoms with Crippen LogP contribution in [0.5, 0.6) is 5.75 Å². The number of benzene rings is 1. The van der Waals surface area contributed by atoms with Crippen LogP contribution in [0.1, 0.15) is 44.0 Å². The van der Waals surface area contributed by atoms with Crippen molar-refractivity contribution in [3.8, 4) is 17.1 Å². The van der Waals surface area contributed by atoms with Crippen molar-refractivity contribution in [2.45, 2.75) is 44.2 Å². The molecule has 1 saturated heterocycles. The largest absolute Gasteiger partial charge is 0.508 e. The summed E-state index contributed by atoms with van der Waals surface area (Å²) in [6.45, 7) is 0. The van der Waals surface area contributed by atoms with Crippen molar-refractivity contribution in [1.82, 2.24) is 15.5 Å². The molecule has 1 aromatic heterocycles. The fourth-order valence-corrected chi connectivity index (χ4v) is 3.65. The molecule has 2 aliphatic rings. The number of phenolic OH excluding ortho intramolecular Hbond substituents is 1. The minimum absolute atomic E-state index is 0.177. The Bertz CT molecular complexity index is 626. The third-order valence-electron chi connectivity index (χ3n) is 4.71. The van der Waals surface area contributed by atoms with Gasteiger partial charge in [0, 0.05) is 11.6 Å². The molecule has 0 radical (unpaired) electrons. The van der Waals surface area contributed by atoms with E-state index in [0.29, 0.717) is 17.8 Å². The van der Waals surface area contributed by atoms with E-state index in [4.69, 9.17) is 4.52 Å². The second-order valence-corrected chi connectivity index (χ2v) is 6.11. The zero-order valence-corrected chi connectivity index (χ0v) is 11.8. The molecule has 5 heteroatoms. The SMILES string of the molecule is Oc1cccc(-c2noc(C3CC4CCCCC4N3)n2)c1. The third kappa shape index (κ3) is 2.42. The summed E-state index contributed by atoms with van der Waals surface area (Å²) in [5.41, 5.74) is 0.778. The van der Waals surface area contributed by atoms with E-state index in [9.17, 15) is 5.11 Å². The molecule has 3 unspecified atom stereocenters. The molecule has 3 atom stereocenters. The van der Waals surface area contributed by atoms with Crippen molar-refractivity contribution in [2.75, 3.05) is 0 Å². The van der Waals surface area contributed by atoms with Gasteiger partial charge in [-0.1, -0.05) is 30.1 Å². The highest BCUT2D eigenvalue weighted by atomic mass is 16.5. The Kier molecular flexibility index (Phi) is 3.15. The summed E-state index contributed by atoms with van der Waals surface area (Å²) in [5.74, 6) is 2.17. The first-order valence-electron chi connectivity index (χ1n) is 7.68. The van der Waals surface area contributed by atoms with Crippen LogP contribution in [-0.2, 0) is 0 Å². The van der Waals surface area contributed by atoms with Crippen LogP contribution in [-0.4, -0.2) is 21.3 Å². The lowest BCUT2D eigenvalue weighted by molar-refractivity contribution is 0.324. The first kappa shape index (κ1) is 12.8. The molecule has 5 nitrogen and oxygen atoms in total. The molecule has 1 aromatic carbocycles. The smallest absolute Gasteiger partial charge is 0.244 e. The lowest BCUT2D eigenvalue weighted by atomic mass is 9.85. The second kappa shape index (κ2) is 5.15. The summed E-state index contributed by atoms with van der Waals surface area (Å²) in [6.07, 6.45) is 6.32. The van der Waals surface area contributed by atoms with E-state index in [1.807, 2.05) is 6.07 Å². The molecule has 4 rings (SSSR count). The van der Waals surface area contributed by atoms with Gasteiger partial charge in [-0.2, -0.15) is 4.98 Å². The predicted octanol–water partition coefficient (Wildman–Crippen LogP) is 3.04. The first-order valence-corrected chi connectivity index (χ1v) is 7.68. The maximum Gasteiger partial charge on any atom is 0.244 e. The van der Waals surface area contributed by atoms with Crippen LogP contribution < -0.4 is 5.32 Å². The van der Waals surface area contributed by atoms with Crippen LogP contribution in [0.4, 0.5) is 0 Å². The van der Waals surface area contributed by atoms with Crippen molar-refractivity contribution in [3.05, 3.63) is 30.2 Å². The van der Waals surface area contributed by atoms with E-state index >= 15 is 0 Å². The molecular weight excluding hydrogens is 266 g/mol. The summed E-state index contributed by atoms with van der Waals surface area (Å²) < 4.78 is 5.44. The molecule has 110 valence electrons. The molecule has 1 saturated carbocycles. The zero-order valence-electron chi connectivity index (χ0n) is 11.8. The molecule has 2 N–H and O–H groups in total. The Balaban J connectivity index is 1.55. The van der Waals surface area contributed by atoms with Gasteiger partial charge in [-0.3, -0.25) is 0 Å². The highest BCUT2D eigenvalue weighted by Gasteiger charge is 2.38. The van der Waals surface area contributed by atoms with E-state index in [-0.39, 0.29) is 11.8 Å². The van der Waals surface area contributed by atoms with Crippen molar-refractivity contribution in [1.29, 1.82) is 0 Å². The van der Waals surface area contributed by atoms with Gasteiger partial charge in [0.05, 0.1) is 6.04 Å². The minimum atomic E-state index is 0.177. The maximum atomic E-state index is 9.53. The average Bonchev–Trinajstić information content (AvgIpc) is 3.14. The van der Waals surface area contributed by atoms with Gasteiger partial charge >= 0.3 is 0 Å². The number of phenols is 1. The molecule has 2 heterocycles. The summed E-state index contributed by atoms with van der Waals surface area (Å²) in [5, 5.41) is 17.2. The number of aromatic hydroxyl groups is 1. The van der Waals surface area contributed by atoms with Crippen molar-refractivity contribution in [2.24, 2.45) is 5.92 Å². The summed E-state index contributed by atoms with van der Waals surface area (Å²) in [7, 11) is 0. The molecular formula is C16H19N3O2. The lowest BCUT2D eigenvalue weighted by Gasteiger charge is -2.24. The van der Waals surface area contributed by atoms with Crippen LogP contribution >= 0.6 is 0 Å². The van der Waals surface area contributed by atoms with Crippen LogP contribution in [0.2, 0.25) is 0 Å². The number of hydrogen-bond acceptors (Lipinski definition) is 5. The Morgan fingerprint density at radius 2 is 2.14 bits per heavy atom. The molecule has 1 aliphatic heterocycles. The van der Waals surface area contributed by atoms with E-state index in [1.165, 1.54) is 25.7 Å². The van der Waals surface area contributed by atoms with Gasteiger partial charge in [-0.25, -0.2) is 0 Å². The molecule has 0 spiro atoms. The molecule has 21 heavy (non-hydrogen) atoms. The minimum Gasteiger partial charge on any atom is -0.508 e. The third-order valence-corrected chi connectivity index (χ3v) is 4.71. The normalized spacial score (nSPS) is 28.5. The standard InChI is InChI=1S/C16H19N3O2/c20-12-6-3-5-11(8-12)15-18-16(21-19-15)14-9-10-4-1-2-7-13(10)17-14/h3,5-6,8,10,13-14,17,20H,1-2,4,7,9H2. The molecule has 0 amide bonds. The van der Waals surface area contributed by atoms with Crippen LogP contribution in [0.3, 0.4) is 0 Å². The Labute approximate surface area is 123 Å². The van der Waals surface area contributed by atoms with Gasteiger partial charge in [-0.05, 0) is 37.3 Å². The lowest BCUT2D eigenvalue weighted by Crippen LogP contribution is -2.30. The van der Waals surface area contributed by atoms with E-state index in [1.54, 1.807) is 18.2 Å². The maximum absolute atomic E-state index is 9.53. The fourth-order valence-electron chi connectivity index (χ4n) is 3.65. The van der Waals surface area contributed by atoms with Gasteiger partial charge < -0.3 is 14.9 Å². The Morgan fingerprint density at radius 1 is 1.24 bits per heavy atom. The summed E-state index contributed by atoms with van der Waals surface area (Å²) in [6, 6.07) is 7.72. The molecule has 0 bridgehead atoms. The van der Waals surface area contributed by atoms with Gasteiger partial charge in [0.25, 0.3) is 0 Å². The Hall–Kier alpha value is -1.88. The molecule has 1 aliphatic carbocycles. The summed E-state index contributed by atoms with van der Waals surface area (Å²) >= 11 is 0. The molecule has 2 fully saturated rings. The highest BCUT2D eigenvalue weighted by Crippen LogP contribution is 2.38. The van der Waals surface area contributed by atoms with E-state index in [0.717, 1.165) is 17.9 Å². The topological polar surface area (TPSA) is 71.2 Å². The average molecular weight is 285 g/mol. The van der Waals surface area contributed by atoms with Gasteiger partial charge in [0.2, 0.25) is 11.7 Å². The van der Waals surface area contributed by atoms with Gasteiger partial charge in [-0.15, -0.1) is 0 Å². The van der Waals surface area contributed by atoms with Crippen molar-refractivity contribution < 1.29 is 9.63 Å². The number of fused-ring (bicyclic) bond motifs is 1. The fraction of sp³-hybridized carbons (Fsp3) is 0.500. The van der Waals surface area contributed by atoms with Crippen molar-refractivity contribution >= 4 is 0 Å². The number of nitrogens with zero attached hydrogens (tertiary/aromatic N) is 2. The number of hydrogen-bond donors (Lipinski definition) is 2. The van der Waals surface area contributed by atoms with Crippen LogP contribution in [0.15, 0.2) is 28.8 Å². The highest BCUT2D eigenvalue weighted by molar-refractivity contribution is 5.56. The molecule has 2 aromatic rings. The van der Waals surface area contributed by atoms with Crippen LogP contribution in [0, 0.1) is 5.92 Å². The van der Waals surface area contributed by atoms with E-state index in [2.05, 4.69) is 15.5 Å². The summed E-state index contributed by atoms with van der Waals surface area (Å²) in [4.78, 5) is 4.51. The number of rotatable bonds is 2. The number of aromatic nitrogens is 2. The quantitative estimate of drug-likeness (QED) is 0.887. The van der Waals surface area contributed by atoms with Crippen LogP contribution in [0.25, 0.3) is 11.4 Å².